The SMILES string of the molecule is C[C@]1(c2nnc(-c3ncccc3Nc3ccc(C(F)(F)F)cc3)o2)CCNC1=O. The number of anilines is 2. The number of aromatic nitrogens is 3. The normalized spacial score (nSPS) is 19.2. The van der Waals surface area contributed by atoms with Gasteiger partial charge in [-0.05, 0) is 49.7 Å². The van der Waals surface area contributed by atoms with Crippen LogP contribution in [0.1, 0.15) is 24.8 Å². The molecule has 1 saturated heterocycles. The van der Waals surface area contributed by atoms with E-state index in [0.29, 0.717) is 30.0 Å². The van der Waals surface area contributed by atoms with Crippen LogP contribution < -0.4 is 10.6 Å². The highest BCUT2D eigenvalue weighted by molar-refractivity contribution is 5.88. The lowest BCUT2D eigenvalue weighted by Gasteiger charge is -2.14. The number of benzene rings is 1. The van der Waals surface area contributed by atoms with Crippen LogP contribution in [0.5, 0.6) is 0 Å². The summed E-state index contributed by atoms with van der Waals surface area (Å²) < 4.78 is 43.9. The van der Waals surface area contributed by atoms with Crippen molar-refractivity contribution in [3.63, 3.8) is 0 Å². The Morgan fingerprint density at radius 3 is 2.59 bits per heavy atom. The van der Waals surface area contributed by atoms with Crippen molar-refractivity contribution in [3.8, 4) is 11.6 Å². The molecule has 0 unspecified atom stereocenters. The van der Waals surface area contributed by atoms with E-state index in [1.54, 1.807) is 19.1 Å². The zero-order chi connectivity index (χ0) is 20.6. The van der Waals surface area contributed by atoms with Gasteiger partial charge in [0.15, 0.2) is 5.69 Å². The molecule has 0 saturated carbocycles. The Morgan fingerprint density at radius 2 is 1.93 bits per heavy atom. The van der Waals surface area contributed by atoms with Crippen LogP contribution in [-0.4, -0.2) is 27.6 Å². The first kappa shape index (κ1) is 18.9. The molecule has 150 valence electrons. The third kappa shape index (κ3) is 3.53. The summed E-state index contributed by atoms with van der Waals surface area (Å²) in [5.74, 6) is 0.112. The van der Waals surface area contributed by atoms with E-state index in [1.165, 1.54) is 18.3 Å². The van der Waals surface area contributed by atoms with E-state index in [2.05, 4.69) is 25.8 Å². The predicted octanol–water partition coefficient (Wildman–Crippen LogP) is 3.67. The molecule has 0 aliphatic carbocycles. The standard InChI is InChI=1S/C19H16F3N5O2/c1-18(8-10-24-16(18)28)17-27-26-15(29-17)14-13(3-2-9-23-14)25-12-6-4-11(5-7-12)19(20,21)22/h2-7,9,25H,8,10H2,1H3,(H,24,28)/t18-/m0/s1. The summed E-state index contributed by atoms with van der Waals surface area (Å²) in [5, 5.41) is 13.8. The minimum Gasteiger partial charge on any atom is -0.418 e. The first-order valence-electron chi connectivity index (χ1n) is 8.79. The highest BCUT2D eigenvalue weighted by Gasteiger charge is 2.44. The second kappa shape index (κ2) is 6.87. The lowest BCUT2D eigenvalue weighted by Crippen LogP contribution is -2.32. The van der Waals surface area contributed by atoms with Crippen LogP contribution in [0.25, 0.3) is 11.6 Å². The van der Waals surface area contributed by atoms with Gasteiger partial charge < -0.3 is 15.1 Å². The number of hydrogen-bond acceptors (Lipinski definition) is 6. The van der Waals surface area contributed by atoms with Crippen molar-refractivity contribution in [2.45, 2.75) is 24.9 Å². The van der Waals surface area contributed by atoms with Gasteiger partial charge in [0.1, 0.15) is 5.41 Å². The van der Waals surface area contributed by atoms with Crippen LogP contribution in [0, 0.1) is 0 Å². The van der Waals surface area contributed by atoms with E-state index in [-0.39, 0.29) is 17.7 Å². The first-order valence-corrected chi connectivity index (χ1v) is 8.79. The van der Waals surface area contributed by atoms with E-state index in [4.69, 9.17) is 4.42 Å². The topological polar surface area (TPSA) is 92.9 Å². The number of amides is 1. The van der Waals surface area contributed by atoms with Gasteiger partial charge in [0.25, 0.3) is 5.89 Å². The second-order valence-electron chi connectivity index (χ2n) is 6.85. The lowest BCUT2D eigenvalue weighted by atomic mass is 9.89. The van der Waals surface area contributed by atoms with Crippen molar-refractivity contribution in [1.82, 2.24) is 20.5 Å². The molecule has 3 heterocycles. The third-order valence-electron chi connectivity index (χ3n) is 4.81. The number of halogens is 3. The third-order valence-corrected chi connectivity index (χ3v) is 4.81. The molecule has 2 aromatic heterocycles. The summed E-state index contributed by atoms with van der Waals surface area (Å²) >= 11 is 0. The van der Waals surface area contributed by atoms with Gasteiger partial charge in [-0.2, -0.15) is 13.2 Å². The van der Waals surface area contributed by atoms with Crippen molar-refractivity contribution in [3.05, 3.63) is 54.0 Å². The van der Waals surface area contributed by atoms with Gasteiger partial charge in [0.05, 0.1) is 11.3 Å². The van der Waals surface area contributed by atoms with Gasteiger partial charge in [0, 0.05) is 18.4 Å². The molecule has 10 heteroatoms. The number of pyridine rings is 1. The number of carbonyl (C=O) groups is 1. The van der Waals surface area contributed by atoms with Crippen LogP contribution in [0.2, 0.25) is 0 Å². The molecule has 0 radical (unpaired) electrons. The molecule has 1 aliphatic rings. The molecule has 1 aliphatic heterocycles. The minimum absolute atomic E-state index is 0.107. The van der Waals surface area contributed by atoms with Gasteiger partial charge in [-0.1, -0.05) is 0 Å². The molecule has 3 aromatic rings. The summed E-state index contributed by atoms with van der Waals surface area (Å²) in [6, 6.07) is 7.98. The lowest BCUT2D eigenvalue weighted by molar-refractivity contribution is -0.137. The Hall–Kier alpha value is -3.43. The largest absolute Gasteiger partial charge is 0.418 e. The van der Waals surface area contributed by atoms with E-state index < -0.39 is 17.2 Å². The maximum Gasteiger partial charge on any atom is 0.416 e. The molecule has 1 aromatic carbocycles. The maximum atomic E-state index is 12.7. The zero-order valence-electron chi connectivity index (χ0n) is 15.2. The monoisotopic (exact) mass is 403 g/mol. The Bertz CT molecular complexity index is 1050. The molecule has 7 nitrogen and oxygen atoms in total. The summed E-state index contributed by atoms with van der Waals surface area (Å²) in [6.45, 7) is 2.25. The number of carbonyl (C=O) groups excluding carboxylic acids is 1. The van der Waals surface area contributed by atoms with Crippen LogP contribution in [0.4, 0.5) is 24.5 Å². The fraction of sp³-hybridized carbons (Fsp3) is 0.263. The zero-order valence-corrected chi connectivity index (χ0v) is 15.2. The van der Waals surface area contributed by atoms with Gasteiger partial charge in [-0.25, -0.2) is 4.98 Å². The van der Waals surface area contributed by atoms with Gasteiger partial charge in [-0.15, -0.1) is 10.2 Å². The molecule has 4 rings (SSSR count). The van der Waals surface area contributed by atoms with Crippen molar-refractivity contribution < 1.29 is 22.4 Å². The van der Waals surface area contributed by atoms with Gasteiger partial charge >= 0.3 is 6.18 Å². The highest BCUT2D eigenvalue weighted by atomic mass is 19.4. The molecule has 0 bridgehead atoms. The average Bonchev–Trinajstić information content (AvgIpc) is 3.30. The number of alkyl halides is 3. The van der Waals surface area contributed by atoms with Gasteiger partial charge in [-0.3, -0.25) is 4.79 Å². The Balaban J connectivity index is 1.62. The molecule has 0 spiro atoms. The molecule has 2 N–H and O–H groups in total. The maximum absolute atomic E-state index is 12.7. The fourth-order valence-corrected chi connectivity index (χ4v) is 3.06. The molecule has 29 heavy (non-hydrogen) atoms. The summed E-state index contributed by atoms with van der Waals surface area (Å²) in [6.07, 6.45) is -2.34. The predicted molar refractivity (Wildman–Crippen MR) is 97.2 cm³/mol. The Labute approximate surface area is 163 Å². The highest BCUT2D eigenvalue weighted by Crippen LogP contribution is 2.34. The van der Waals surface area contributed by atoms with Gasteiger partial charge in [0.2, 0.25) is 11.8 Å². The molecular formula is C19H16F3N5O2. The van der Waals surface area contributed by atoms with Crippen LogP contribution in [0.15, 0.2) is 47.0 Å². The number of nitrogens with zero attached hydrogens (tertiary/aromatic N) is 3. The minimum atomic E-state index is -4.40. The summed E-state index contributed by atoms with van der Waals surface area (Å²) in [5.41, 5.74) is -0.397. The fourth-order valence-electron chi connectivity index (χ4n) is 3.06. The number of rotatable bonds is 4. The Morgan fingerprint density at radius 1 is 1.17 bits per heavy atom. The van der Waals surface area contributed by atoms with Crippen molar-refractivity contribution >= 4 is 17.3 Å². The molecule has 1 atom stereocenters. The quantitative estimate of drug-likeness (QED) is 0.691. The smallest absolute Gasteiger partial charge is 0.416 e. The molecule has 1 amide bonds. The van der Waals surface area contributed by atoms with Crippen molar-refractivity contribution in [1.29, 1.82) is 0 Å². The van der Waals surface area contributed by atoms with Crippen molar-refractivity contribution in [2.75, 3.05) is 11.9 Å². The van der Waals surface area contributed by atoms with Crippen LogP contribution in [-0.2, 0) is 16.4 Å². The average molecular weight is 403 g/mol. The number of hydrogen-bond donors (Lipinski definition) is 2. The van der Waals surface area contributed by atoms with E-state index in [0.717, 1.165) is 12.1 Å². The van der Waals surface area contributed by atoms with E-state index in [1.807, 2.05) is 0 Å². The first-order chi connectivity index (χ1) is 13.8. The van der Waals surface area contributed by atoms with E-state index >= 15 is 0 Å². The summed E-state index contributed by atoms with van der Waals surface area (Å²) in [7, 11) is 0. The second-order valence-corrected chi connectivity index (χ2v) is 6.85. The Kier molecular flexibility index (Phi) is 4.48. The molecule has 1 fully saturated rings. The van der Waals surface area contributed by atoms with E-state index in [9.17, 15) is 18.0 Å². The summed E-state index contributed by atoms with van der Waals surface area (Å²) in [4.78, 5) is 16.3. The van der Waals surface area contributed by atoms with Crippen LogP contribution >= 0.6 is 0 Å². The van der Waals surface area contributed by atoms with Crippen molar-refractivity contribution in [2.24, 2.45) is 0 Å². The molecular weight excluding hydrogens is 387 g/mol. The number of nitrogens with one attached hydrogen (secondary N) is 2. The van der Waals surface area contributed by atoms with Crippen LogP contribution in [0.3, 0.4) is 0 Å².